The van der Waals surface area contributed by atoms with Gasteiger partial charge in [0.05, 0.1) is 0 Å². The summed E-state index contributed by atoms with van der Waals surface area (Å²) in [6.07, 6.45) is 0. The van der Waals surface area contributed by atoms with Crippen LogP contribution >= 0.6 is 25.3 Å². The Balaban J connectivity index is 0. The Morgan fingerprint density at radius 3 is 1.27 bits per heavy atom. The Morgan fingerprint density at radius 1 is 1.00 bits per heavy atom. The molecule has 2 atom stereocenters. The highest BCUT2D eigenvalue weighted by atomic mass is 32.1. The molecule has 0 saturated heterocycles. The van der Waals surface area contributed by atoms with Crippen molar-refractivity contribution in [2.75, 3.05) is 0 Å². The lowest BCUT2D eigenvalue weighted by Gasteiger charge is -2.07. The van der Waals surface area contributed by atoms with Gasteiger partial charge < -0.3 is 10.2 Å². The fraction of sp³-hybridized carbons (Fsp3) is 0.600. The molecule has 0 aliphatic carbocycles. The summed E-state index contributed by atoms with van der Waals surface area (Å²) in [4.78, 5) is 20.1. The lowest BCUT2D eigenvalue weighted by atomic mass is 10.3. The van der Waals surface area contributed by atoms with Crippen molar-refractivity contribution in [3.05, 3.63) is 0 Å². The first-order valence-electron chi connectivity index (χ1n) is 2.28. The highest BCUT2D eigenvalue weighted by molar-refractivity contribution is 7.86. The number of hydrogen-bond donors (Lipinski definition) is 4. The molecule has 0 rings (SSSR count). The zero-order valence-corrected chi connectivity index (χ0v) is 6.55. The van der Waals surface area contributed by atoms with Crippen LogP contribution in [0.1, 0.15) is 7.43 Å². The monoisotopic (exact) mass is 198 g/mol. The maximum atomic E-state index is 10.1. The first kappa shape index (κ1) is 13.2. The van der Waals surface area contributed by atoms with Crippen molar-refractivity contribution in [1.82, 2.24) is 0 Å². The lowest BCUT2D eigenvalue weighted by Crippen LogP contribution is -2.31. The van der Waals surface area contributed by atoms with Crippen LogP contribution in [0.15, 0.2) is 0 Å². The van der Waals surface area contributed by atoms with E-state index in [-0.39, 0.29) is 7.43 Å². The molecule has 0 amide bonds. The Labute approximate surface area is 75.4 Å². The van der Waals surface area contributed by atoms with Crippen molar-refractivity contribution in [3.8, 4) is 0 Å². The molecule has 0 saturated carbocycles. The number of hydrogen-bond acceptors (Lipinski definition) is 4. The predicted molar refractivity (Wildman–Crippen MR) is 47.6 cm³/mol. The van der Waals surface area contributed by atoms with Gasteiger partial charge in [-0.2, -0.15) is 25.3 Å². The van der Waals surface area contributed by atoms with Crippen LogP contribution in [0.2, 0.25) is 0 Å². The molecule has 0 aliphatic heterocycles. The van der Waals surface area contributed by atoms with E-state index in [0.29, 0.717) is 0 Å². The molecule has 4 nitrogen and oxygen atoms in total. The molecule has 0 fully saturated rings. The van der Waals surface area contributed by atoms with Crippen molar-refractivity contribution in [1.29, 1.82) is 0 Å². The molecule has 0 aromatic carbocycles. The lowest BCUT2D eigenvalue weighted by molar-refractivity contribution is -0.142. The van der Waals surface area contributed by atoms with E-state index >= 15 is 0 Å². The average Bonchev–Trinajstić information content (AvgIpc) is 1.84. The quantitative estimate of drug-likeness (QED) is 0.495. The number of carboxylic acid groups (broad SMARTS) is 2. The van der Waals surface area contributed by atoms with E-state index < -0.39 is 22.4 Å². The molecule has 0 spiro atoms. The van der Waals surface area contributed by atoms with Crippen molar-refractivity contribution in [2.24, 2.45) is 0 Å². The van der Waals surface area contributed by atoms with E-state index in [1.807, 2.05) is 0 Å². The van der Waals surface area contributed by atoms with E-state index in [9.17, 15) is 9.59 Å². The van der Waals surface area contributed by atoms with Gasteiger partial charge >= 0.3 is 11.9 Å². The van der Waals surface area contributed by atoms with Crippen LogP contribution in [0, 0.1) is 0 Å². The van der Waals surface area contributed by atoms with Crippen LogP contribution in [0.4, 0.5) is 0 Å². The molecule has 0 heterocycles. The molecule has 11 heavy (non-hydrogen) atoms. The third-order valence-corrected chi connectivity index (χ3v) is 2.08. The highest BCUT2D eigenvalue weighted by Crippen LogP contribution is 2.08. The molecule has 0 aliphatic rings. The molecule has 66 valence electrons. The fourth-order valence-electron chi connectivity index (χ4n) is 0.270. The molecule has 0 aromatic rings. The number of aliphatic carboxylic acids is 2. The summed E-state index contributed by atoms with van der Waals surface area (Å²) in [5.41, 5.74) is 0. The Bertz CT molecular complexity index is 141. The molecule has 2 N–H and O–H groups in total. The van der Waals surface area contributed by atoms with Crippen LogP contribution in [0.25, 0.3) is 0 Å². The van der Waals surface area contributed by atoms with E-state index in [2.05, 4.69) is 25.3 Å². The van der Waals surface area contributed by atoms with Crippen LogP contribution < -0.4 is 0 Å². The van der Waals surface area contributed by atoms with Crippen molar-refractivity contribution in [2.45, 2.75) is 17.9 Å². The van der Waals surface area contributed by atoms with Gasteiger partial charge in [0.15, 0.2) is 0 Å². The maximum absolute atomic E-state index is 10.1. The van der Waals surface area contributed by atoms with Crippen molar-refractivity contribution < 1.29 is 19.8 Å². The Morgan fingerprint density at radius 2 is 1.18 bits per heavy atom. The van der Waals surface area contributed by atoms with Gasteiger partial charge in [-0.3, -0.25) is 9.59 Å². The van der Waals surface area contributed by atoms with E-state index in [4.69, 9.17) is 10.2 Å². The highest BCUT2D eigenvalue weighted by Gasteiger charge is 2.26. The van der Waals surface area contributed by atoms with Crippen LogP contribution in [0.3, 0.4) is 0 Å². The van der Waals surface area contributed by atoms with Crippen LogP contribution in [-0.2, 0) is 9.59 Å². The number of thiol groups is 2. The second kappa shape index (κ2) is 5.31. The first-order valence-corrected chi connectivity index (χ1v) is 3.32. The molecule has 2 unspecified atom stereocenters. The summed E-state index contributed by atoms with van der Waals surface area (Å²) in [5.74, 6) is -2.57. The Kier molecular flexibility index (Phi) is 6.40. The average molecular weight is 198 g/mol. The normalized spacial score (nSPS) is 14.4. The second-order valence-corrected chi connectivity index (χ2v) is 2.68. The molecular weight excluding hydrogens is 188 g/mol. The minimum absolute atomic E-state index is 0. The topological polar surface area (TPSA) is 74.6 Å². The minimum atomic E-state index is -1.29. The summed E-state index contributed by atoms with van der Waals surface area (Å²) in [6.45, 7) is 0. The van der Waals surface area contributed by atoms with Gasteiger partial charge in [-0.05, 0) is 0 Å². The van der Waals surface area contributed by atoms with Crippen molar-refractivity contribution in [3.63, 3.8) is 0 Å². The molecule has 0 radical (unpaired) electrons. The summed E-state index contributed by atoms with van der Waals surface area (Å²) in [7, 11) is 0. The van der Waals surface area contributed by atoms with Crippen LogP contribution in [0.5, 0.6) is 0 Å². The molecule has 0 bridgehead atoms. The molecule has 6 heteroatoms. The molecule has 0 aromatic heterocycles. The summed E-state index contributed by atoms with van der Waals surface area (Å²) >= 11 is 7.00. The van der Waals surface area contributed by atoms with E-state index in [0.717, 1.165) is 0 Å². The standard InChI is InChI=1S/C4H6O4S2.CH4/c5-3(6)1(9)2(10)4(7)8;/h1-2,9-10H,(H,5,6)(H,7,8);1H4. The SMILES string of the molecule is C.O=C(O)C(S)C(S)C(=O)O. The summed E-state index contributed by atoms with van der Waals surface area (Å²) < 4.78 is 0. The predicted octanol–water partition coefficient (Wildman–Crippen LogP) is 0.388. The van der Waals surface area contributed by atoms with Gasteiger partial charge in [0, 0.05) is 0 Å². The van der Waals surface area contributed by atoms with Gasteiger partial charge in [0.2, 0.25) is 0 Å². The maximum Gasteiger partial charge on any atom is 0.318 e. The first-order chi connectivity index (χ1) is 4.46. The van der Waals surface area contributed by atoms with Gasteiger partial charge in [-0.25, -0.2) is 0 Å². The Hall–Kier alpha value is -0.360. The van der Waals surface area contributed by atoms with Gasteiger partial charge in [-0.1, -0.05) is 7.43 Å². The number of carbonyl (C=O) groups is 2. The second-order valence-electron chi connectivity index (χ2n) is 1.57. The summed E-state index contributed by atoms with van der Waals surface area (Å²) in [5, 5.41) is 13.9. The smallest absolute Gasteiger partial charge is 0.318 e. The van der Waals surface area contributed by atoms with Crippen LogP contribution in [-0.4, -0.2) is 32.7 Å². The fourth-order valence-corrected chi connectivity index (χ4v) is 0.525. The van der Waals surface area contributed by atoms with Gasteiger partial charge in [0.1, 0.15) is 10.5 Å². The number of rotatable bonds is 3. The third kappa shape index (κ3) is 4.15. The zero-order chi connectivity index (χ0) is 8.31. The minimum Gasteiger partial charge on any atom is -0.480 e. The molecular formula is C5H10O4S2. The third-order valence-electron chi connectivity index (χ3n) is 0.805. The largest absolute Gasteiger partial charge is 0.480 e. The summed E-state index contributed by atoms with van der Waals surface area (Å²) in [6, 6.07) is 0. The van der Waals surface area contributed by atoms with E-state index in [1.54, 1.807) is 0 Å². The zero-order valence-electron chi connectivity index (χ0n) is 4.76. The van der Waals surface area contributed by atoms with Gasteiger partial charge in [0.25, 0.3) is 0 Å². The van der Waals surface area contributed by atoms with Gasteiger partial charge in [-0.15, -0.1) is 0 Å². The van der Waals surface area contributed by atoms with E-state index in [1.165, 1.54) is 0 Å². The van der Waals surface area contributed by atoms with Crippen molar-refractivity contribution >= 4 is 37.2 Å². The number of carboxylic acids is 2.